The van der Waals surface area contributed by atoms with Gasteiger partial charge in [0, 0.05) is 11.6 Å². The lowest BCUT2D eigenvalue weighted by Crippen LogP contribution is -2.26. The van der Waals surface area contributed by atoms with Gasteiger partial charge in [0.2, 0.25) is 0 Å². The van der Waals surface area contributed by atoms with E-state index >= 15 is 0 Å². The first kappa shape index (κ1) is 11.8. The molecule has 1 saturated heterocycles. The maximum atomic E-state index is 10.6. The fourth-order valence-electron chi connectivity index (χ4n) is 2.27. The van der Waals surface area contributed by atoms with Gasteiger partial charge in [-0.25, -0.2) is 0 Å². The van der Waals surface area contributed by atoms with E-state index in [9.17, 15) is 15.0 Å². The fraction of sp³-hybridized carbons (Fsp3) is 0.545. The van der Waals surface area contributed by atoms with Gasteiger partial charge in [-0.1, -0.05) is 0 Å². The topological polar surface area (TPSA) is 94.7 Å². The fourth-order valence-corrected chi connectivity index (χ4v) is 2.27. The van der Waals surface area contributed by atoms with Gasteiger partial charge in [0.15, 0.2) is 11.8 Å². The Bertz CT molecular complexity index is 421. The second-order valence-corrected chi connectivity index (χ2v) is 4.29. The Balaban J connectivity index is 2.26. The maximum Gasteiger partial charge on any atom is 0.323 e. The second-order valence-electron chi connectivity index (χ2n) is 4.29. The van der Waals surface area contributed by atoms with Crippen molar-refractivity contribution in [2.75, 3.05) is 13.1 Å². The molecule has 1 fully saturated rings. The van der Waals surface area contributed by atoms with E-state index in [4.69, 9.17) is 5.11 Å². The van der Waals surface area contributed by atoms with Crippen molar-refractivity contribution in [3.8, 4) is 11.8 Å². The van der Waals surface area contributed by atoms with E-state index in [2.05, 4.69) is 5.32 Å². The number of carboxylic acid groups (broad SMARTS) is 1. The van der Waals surface area contributed by atoms with Crippen molar-refractivity contribution in [2.45, 2.75) is 25.3 Å². The molecule has 0 spiro atoms. The molecule has 6 nitrogen and oxygen atoms in total. The average Bonchev–Trinajstić information content (AvgIpc) is 2.58. The molecule has 17 heavy (non-hydrogen) atoms. The van der Waals surface area contributed by atoms with Crippen molar-refractivity contribution in [1.82, 2.24) is 9.88 Å². The molecule has 94 valence electrons. The van der Waals surface area contributed by atoms with Crippen LogP contribution in [0, 0.1) is 0 Å². The average molecular weight is 240 g/mol. The maximum absolute atomic E-state index is 10.6. The highest BCUT2D eigenvalue weighted by molar-refractivity contribution is 5.67. The van der Waals surface area contributed by atoms with Gasteiger partial charge in [0.05, 0.1) is 0 Å². The summed E-state index contributed by atoms with van der Waals surface area (Å²) in [6, 6.07) is 1.47. The lowest BCUT2D eigenvalue weighted by Gasteiger charge is -2.22. The van der Waals surface area contributed by atoms with Gasteiger partial charge in [0.25, 0.3) is 0 Å². The van der Waals surface area contributed by atoms with Gasteiger partial charge in [-0.05, 0) is 31.8 Å². The molecule has 0 aliphatic carbocycles. The molecule has 1 aromatic heterocycles. The number of carboxylic acids is 1. The second kappa shape index (κ2) is 4.67. The Morgan fingerprint density at radius 1 is 1.41 bits per heavy atom. The van der Waals surface area contributed by atoms with Crippen LogP contribution in [0.1, 0.15) is 24.3 Å². The first-order chi connectivity index (χ1) is 8.09. The molecule has 1 aliphatic heterocycles. The number of hydrogen-bond acceptors (Lipinski definition) is 4. The minimum Gasteiger partial charge on any atom is -0.494 e. The lowest BCUT2D eigenvalue weighted by molar-refractivity contribution is -0.137. The van der Waals surface area contributed by atoms with Gasteiger partial charge in [-0.2, -0.15) is 0 Å². The van der Waals surface area contributed by atoms with Crippen LogP contribution in [0.2, 0.25) is 0 Å². The SMILES string of the molecule is O=C(O)Cn1c(O)cc(C2CCNCC2)c1O. The number of carbonyl (C=O) groups is 1. The number of aliphatic carboxylic acids is 1. The van der Waals surface area contributed by atoms with Crippen LogP contribution in [0.25, 0.3) is 0 Å². The number of rotatable bonds is 3. The van der Waals surface area contributed by atoms with Crippen LogP contribution < -0.4 is 5.32 Å². The van der Waals surface area contributed by atoms with Crippen LogP contribution in [0.15, 0.2) is 6.07 Å². The van der Waals surface area contributed by atoms with Crippen LogP contribution in [0.3, 0.4) is 0 Å². The minimum atomic E-state index is -1.09. The lowest BCUT2D eigenvalue weighted by atomic mass is 9.92. The number of piperidine rings is 1. The molecule has 0 atom stereocenters. The summed E-state index contributed by atoms with van der Waals surface area (Å²) in [6.45, 7) is 1.31. The van der Waals surface area contributed by atoms with E-state index in [-0.39, 0.29) is 17.7 Å². The minimum absolute atomic E-state index is 0.128. The monoisotopic (exact) mass is 240 g/mol. The Labute approximate surface area is 98.5 Å². The van der Waals surface area contributed by atoms with E-state index in [0.29, 0.717) is 5.56 Å². The highest BCUT2D eigenvalue weighted by Crippen LogP contribution is 2.37. The van der Waals surface area contributed by atoms with E-state index in [1.807, 2.05) is 0 Å². The molecule has 2 heterocycles. The summed E-state index contributed by atoms with van der Waals surface area (Å²) in [5.74, 6) is -1.24. The summed E-state index contributed by atoms with van der Waals surface area (Å²) >= 11 is 0. The van der Waals surface area contributed by atoms with Crippen LogP contribution in [0.4, 0.5) is 0 Å². The Morgan fingerprint density at radius 3 is 2.65 bits per heavy atom. The molecule has 0 amide bonds. The van der Waals surface area contributed by atoms with Crippen LogP contribution in [-0.2, 0) is 11.3 Å². The van der Waals surface area contributed by atoms with Gasteiger partial charge in [-0.15, -0.1) is 0 Å². The molecule has 0 saturated carbocycles. The first-order valence-corrected chi connectivity index (χ1v) is 5.63. The summed E-state index contributed by atoms with van der Waals surface area (Å²) in [4.78, 5) is 10.6. The van der Waals surface area contributed by atoms with E-state index in [1.54, 1.807) is 0 Å². The summed E-state index contributed by atoms with van der Waals surface area (Å²) in [5.41, 5.74) is 0.644. The van der Waals surface area contributed by atoms with Crippen molar-refractivity contribution in [3.63, 3.8) is 0 Å². The summed E-state index contributed by atoms with van der Waals surface area (Å²) in [5, 5.41) is 31.4. The zero-order chi connectivity index (χ0) is 12.4. The van der Waals surface area contributed by atoms with Crippen molar-refractivity contribution in [2.24, 2.45) is 0 Å². The first-order valence-electron chi connectivity index (χ1n) is 5.63. The molecule has 0 bridgehead atoms. The smallest absolute Gasteiger partial charge is 0.323 e. The molecule has 6 heteroatoms. The number of nitrogens with one attached hydrogen (secondary N) is 1. The summed E-state index contributed by atoms with van der Waals surface area (Å²) in [6.07, 6.45) is 1.76. The predicted molar refractivity (Wildman–Crippen MR) is 60.2 cm³/mol. The predicted octanol–water partition coefficient (Wildman–Crippen LogP) is 0.451. The molecule has 1 aliphatic rings. The van der Waals surface area contributed by atoms with Crippen molar-refractivity contribution in [1.29, 1.82) is 0 Å². The zero-order valence-electron chi connectivity index (χ0n) is 9.39. The molecule has 0 unspecified atom stereocenters. The van der Waals surface area contributed by atoms with Crippen molar-refractivity contribution in [3.05, 3.63) is 11.6 Å². The standard InChI is InChI=1S/C11H16N2O4/c14-9-5-8(7-1-3-12-4-2-7)11(17)13(9)6-10(15)16/h5,7,12,14,17H,1-4,6H2,(H,15,16). The zero-order valence-corrected chi connectivity index (χ0v) is 9.39. The highest BCUT2D eigenvalue weighted by Gasteiger charge is 2.24. The molecular weight excluding hydrogens is 224 g/mol. The van der Waals surface area contributed by atoms with Gasteiger partial charge in [-0.3, -0.25) is 9.36 Å². The Morgan fingerprint density at radius 2 is 2.06 bits per heavy atom. The number of aromatic hydroxyl groups is 2. The summed E-state index contributed by atoms with van der Waals surface area (Å²) in [7, 11) is 0. The third kappa shape index (κ3) is 2.36. The normalized spacial score (nSPS) is 17.2. The molecule has 0 aromatic carbocycles. The van der Waals surface area contributed by atoms with Gasteiger partial charge < -0.3 is 20.6 Å². The van der Waals surface area contributed by atoms with Crippen LogP contribution >= 0.6 is 0 Å². The Hall–Kier alpha value is -1.69. The number of nitrogens with zero attached hydrogens (tertiary/aromatic N) is 1. The summed E-state index contributed by atoms with van der Waals surface area (Å²) < 4.78 is 1.01. The molecular formula is C11H16N2O4. The number of aromatic nitrogens is 1. The van der Waals surface area contributed by atoms with Crippen LogP contribution in [0.5, 0.6) is 11.8 Å². The largest absolute Gasteiger partial charge is 0.494 e. The van der Waals surface area contributed by atoms with Gasteiger partial charge in [0.1, 0.15) is 6.54 Å². The molecule has 0 radical (unpaired) electrons. The molecule has 2 rings (SSSR count). The van der Waals surface area contributed by atoms with Crippen LogP contribution in [-0.4, -0.2) is 38.9 Å². The number of hydrogen-bond donors (Lipinski definition) is 4. The van der Waals surface area contributed by atoms with E-state index < -0.39 is 12.5 Å². The third-order valence-corrected chi connectivity index (χ3v) is 3.15. The molecule has 1 aromatic rings. The van der Waals surface area contributed by atoms with E-state index in [0.717, 1.165) is 30.5 Å². The van der Waals surface area contributed by atoms with E-state index in [1.165, 1.54) is 6.07 Å². The highest BCUT2D eigenvalue weighted by atomic mass is 16.4. The third-order valence-electron chi connectivity index (χ3n) is 3.15. The molecule has 4 N–H and O–H groups in total. The van der Waals surface area contributed by atoms with Crippen molar-refractivity contribution >= 4 is 5.97 Å². The quantitative estimate of drug-likeness (QED) is 0.615. The van der Waals surface area contributed by atoms with Crippen molar-refractivity contribution < 1.29 is 20.1 Å². The Kier molecular flexibility index (Phi) is 3.23. The van der Waals surface area contributed by atoms with Gasteiger partial charge >= 0.3 is 5.97 Å².